The molecule has 0 saturated carbocycles. The fourth-order valence-corrected chi connectivity index (χ4v) is 4.61. The van der Waals surface area contributed by atoms with Crippen LogP contribution in [-0.4, -0.2) is 0 Å². The first kappa shape index (κ1) is 40.8. The van der Waals surface area contributed by atoms with Crippen molar-refractivity contribution in [3.8, 4) is 0 Å². The molecule has 0 bridgehead atoms. The standard InChI is InChI=1S/C18H30.C13H16.C6H9FS.C2H6/c1-3-12-17(4-2)13-8-5-6-9-14-18-15-10-7-11-16-18;1-10(2)9-12(4)13-8-6-5-7-11(13)3;1-4-6(8-7)5(2)3;1-2/h7,10-11,15-17H,3-6,8-9,12-14H2,1-2H3;5-9H,4H2,1-3H3;4H,1H2,2-3H3;1-2H3. The summed E-state index contributed by atoms with van der Waals surface area (Å²) >= 11 is 0.240. The van der Waals surface area contributed by atoms with Gasteiger partial charge in [-0.15, -0.1) is 0 Å². The van der Waals surface area contributed by atoms with Crippen LogP contribution in [0.3, 0.4) is 0 Å². The summed E-state index contributed by atoms with van der Waals surface area (Å²) < 4.78 is 11.7. The average Bonchev–Trinajstić information content (AvgIpc) is 2.97. The molecule has 0 aliphatic heterocycles. The maximum Gasteiger partial charge on any atom is 0.0811 e. The highest BCUT2D eigenvalue weighted by molar-refractivity contribution is 7.98. The van der Waals surface area contributed by atoms with Gasteiger partial charge in [0.2, 0.25) is 0 Å². The Bertz CT molecular complexity index is 976. The highest BCUT2D eigenvalue weighted by atomic mass is 32.2. The van der Waals surface area contributed by atoms with Crippen LogP contribution in [0.2, 0.25) is 0 Å². The number of aryl methyl sites for hydroxylation is 2. The molecule has 2 aromatic carbocycles. The van der Waals surface area contributed by atoms with Crippen molar-refractivity contribution in [3.63, 3.8) is 0 Å². The SMILES string of the molecule is C=C(C=C(C)C)c1ccccc1C.C=CC(SF)=C(C)C.CC.CCCC(CC)CCCCCCc1ccccc1. The molecule has 0 aliphatic rings. The summed E-state index contributed by atoms with van der Waals surface area (Å²) in [5, 5.41) is 0. The molecule has 0 fully saturated rings. The van der Waals surface area contributed by atoms with Crippen molar-refractivity contribution in [1.82, 2.24) is 0 Å². The van der Waals surface area contributed by atoms with Crippen molar-refractivity contribution in [1.29, 1.82) is 0 Å². The highest BCUT2D eigenvalue weighted by Gasteiger charge is 2.04. The van der Waals surface area contributed by atoms with Crippen LogP contribution in [0.15, 0.2) is 96.0 Å². The van der Waals surface area contributed by atoms with E-state index in [1.807, 2.05) is 33.8 Å². The van der Waals surface area contributed by atoms with Gasteiger partial charge in [-0.05, 0) is 75.6 Å². The lowest BCUT2D eigenvalue weighted by atomic mass is 9.94. The van der Waals surface area contributed by atoms with Gasteiger partial charge in [0.1, 0.15) is 0 Å². The third-order valence-electron chi connectivity index (χ3n) is 6.66. The summed E-state index contributed by atoms with van der Waals surface area (Å²) in [7, 11) is 0. The quantitative estimate of drug-likeness (QED) is 0.158. The van der Waals surface area contributed by atoms with Gasteiger partial charge in [0.25, 0.3) is 0 Å². The Hall–Kier alpha value is -2.32. The Morgan fingerprint density at radius 1 is 0.854 bits per heavy atom. The minimum Gasteiger partial charge on any atom is -0.160 e. The summed E-state index contributed by atoms with van der Waals surface area (Å²) in [5.74, 6) is 0.990. The predicted molar refractivity (Wildman–Crippen MR) is 190 cm³/mol. The zero-order valence-electron chi connectivity index (χ0n) is 28.0. The first-order valence-corrected chi connectivity index (χ1v) is 16.4. The van der Waals surface area contributed by atoms with E-state index in [4.69, 9.17) is 0 Å². The fourth-order valence-electron chi connectivity index (χ4n) is 4.39. The van der Waals surface area contributed by atoms with Crippen LogP contribution in [0.5, 0.6) is 0 Å². The highest BCUT2D eigenvalue weighted by Crippen LogP contribution is 2.21. The van der Waals surface area contributed by atoms with E-state index in [9.17, 15) is 3.89 Å². The summed E-state index contributed by atoms with van der Waals surface area (Å²) in [4.78, 5) is 0.616. The van der Waals surface area contributed by atoms with E-state index in [0.717, 1.165) is 17.1 Å². The predicted octanol–water partition coefficient (Wildman–Crippen LogP) is 14.1. The van der Waals surface area contributed by atoms with Crippen molar-refractivity contribution in [2.45, 2.75) is 120 Å². The van der Waals surface area contributed by atoms with Crippen LogP contribution in [0.4, 0.5) is 3.89 Å². The van der Waals surface area contributed by atoms with Gasteiger partial charge in [-0.25, -0.2) is 0 Å². The Morgan fingerprint density at radius 3 is 1.90 bits per heavy atom. The first-order chi connectivity index (χ1) is 19.7. The lowest BCUT2D eigenvalue weighted by Gasteiger charge is -2.13. The van der Waals surface area contributed by atoms with Gasteiger partial charge in [-0.2, -0.15) is 3.89 Å². The van der Waals surface area contributed by atoms with E-state index in [1.54, 1.807) is 0 Å². The maximum atomic E-state index is 11.7. The van der Waals surface area contributed by atoms with Crippen molar-refractivity contribution in [2.24, 2.45) is 5.92 Å². The van der Waals surface area contributed by atoms with Gasteiger partial charge >= 0.3 is 0 Å². The molecule has 0 aliphatic carbocycles. The zero-order chi connectivity index (χ0) is 31.5. The van der Waals surface area contributed by atoms with Gasteiger partial charge in [-0.3, -0.25) is 0 Å². The number of hydrogen-bond donors (Lipinski definition) is 0. The summed E-state index contributed by atoms with van der Waals surface area (Å²) in [6, 6.07) is 19.2. The molecule has 0 N–H and O–H groups in total. The van der Waals surface area contributed by atoms with Gasteiger partial charge in [0, 0.05) is 4.91 Å². The van der Waals surface area contributed by atoms with E-state index < -0.39 is 0 Å². The monoisotopic (exact) mass is 580 g/mol. The van der Waals surface area contributed by atoms with Crippen molar-refractivity contribution < 1.29 is 3.89 Å². The van der Waals surface area contributed by atoms with E-state index >= 15 is 0 Å². The smallest absolute Gasteiger partial charge is 0.0811 e. The molecule has 0 heterocycles. The number of allylic oxidation sites excluding steroid dienone is 5. The second-order valence-corrected chi connectivity index (χ2v) is 11.3. The van der Waals surface area contributed by atoms with Gasteiger partial charge in [0.05, 0.1) is 12.1 Å². The number of halogens is 1. The van der Waals surface area contributed by atoms with E-state index in [1.165, 1.54) is 86.1 Å². The topological polar surface area (TPSA) is 0 Å². The second kappa shape index (κ2) is 27.8. The molecule has 0 radical (unpaired) electrons. The van der Waals surface area contributed by atoms with Crippen LogP contribution in [0, 0.1) is 12.8 Å². The molecule has 2 heteroatoms. The molecule has 0 saturated heterocycles. The molecule has 0 nitrogen and oxygen atoms in total. The Labute approximate surface area is 259 Å². The van der Waals surface area contributed by atoms with Crippen LogP contribution in [0.1, 0.15) is 123 Å². The van der Waals surface area contributed by atoms with Crippen LogP contribution in [0.25, 0.3) is 5.57 Å². The van der Waals surface area contributed by atoms with Gasteiger partial charge < -0.3 is 0 Å². The van der Waals surface area contributed by atoms with Gasteiger partial charge in [-0.1, -0.05) is 164 Å². The van der Waals surface area contributed by atoms with Crippen LogP contribution >= 0.6 is 12.1 Å². The fraction of sp³-hybridized carbons (Fsp3) is 0.487. The zero-order valence-corrected chi connectivity index (χ0v) is 28.8. The van der Waals surface area contributed by atoms with Crippen LogP contribution in [-0.2, 0) is 6.42 Å². The van der Waals surface area contributed by atoms with Crippen LogP contribution < -0.4 is 0 Å². The minimum atomic E-state index is 0.240. The van der Waals surface area contributed by atoms with E-state index in [2.05, 4.69) is 102 Å². The number of hydrogen-bond acceptors (Lipinski definition) is 1. The largest absolute Gasteiger partial charge is 0.160 e. The Balaban J connectivity index is 0. The summed E-state index contributed by atoms with van der Waals surface area (Å²) in [6.07, 6.45) is 16.1. The molecule has 230 valence electrons. The first-order valence-electron chi connectivity index (χ1n) is 15.7. The van der Waals surface area contributed by atoms with E-state index in [-0.39, 0.29) is 12.1 Å². The molecular weight excluding hydrogens is 519 g/mol. The molecule has 2 rings (SSSR count). The molecule has 2 aromatic rings. The molecule has 41 heavy (non-hydrogen) atoms. The number of benzene rings is 2. The lowest BCUT2D eigenvalue weighted by Crippen LogP contribution is -1.98. The van der Waals surface area contributed by atoms with E-state index in [0.29, 0.717) is 4.91 Å². The molecule has 1 unspecified atom stereocenters. The van der Waals surface area contributed by atoms with Crippen molar-refractivity contribution in [3.05, 3.63) is 113 Å². The third-order valence-corrected chi connectivity index (χ3v) is 7.40. The summed E-state index contributed by atoms with van der Waals surface area (Å²) in [6.45, 7) is 26.1. The third kappa shape index (κ3) is 22.0. The number of rotatable bonds is 14. The number of unbranched alkanes of at least 4 members (excludes halogenated alkanes) is 3. The molecule has 0 spiro atoms. The Kier molecular flexibility index (Phi) is 27.7. The van der Waals surface area contributed by atoms with Gasteiger partial charge in [0.15, 0.2) is 0 Å². The normalized spacial score (nSPS) is 10.3. The average molecular weight is 581 g/mol. The second-order valence-electron chi connectivity index (χ2n) is 10.7. The molecule has 1 atom stereocenters. The molecular formula is C39H61FS. The van der Waals surface area contributed by atoms with Crippen molar-refractivity contribution in [2.75, 3.05) is 0 Å². The van der Waals surface area contributed by atoms with Crippen molar-refractivity contribution >= 4 is 17.7 Å². The summed E-state index contributed by atoms with van der Waals surface area (Å²) in [5.41, 5.74) is 7.36. The lowest BCUT2D eigenvalue weighted by molar-refractivity contribution is 0.409. The molecule has 0 amide bonds. The Morgan fingerprint density at radius 2 is 1.44 bits per heavy atom. The maximum absolute atomic E-state index is 11.7. The minimum absolute atomic E-state index is 0.240. The molecule has 0 aromatic heterocycles.